The molecular formula is C18H26N6. The number of hydrogen-bond acceptors (Lipinski definition) is 6. The Morgan fingerprint density at radius 3 is 2.62 bits per heavy atom. The average molecular weight is 326 g/mol. The molecule has 1 aliphatic rings. The standard InChI is InChI=1S/C18H26N6/c1-14-21-10-16(11-22-14)13-24-8-4-5-15(12-24)9-17-18(23(2)3)20-7-6-19-17/h6-7,10-11,15H,4-5,8-9,12-13H2,1-3H3. The lowest BCUT2D eigenvalue weighted by Gasteiger charge is -2.33. The van der Waals surface area contributed by atoms with E-state index in [1.807, 2.05) is 38.3 Å². The molecule has 1 saturated heterocycles. The highest BCUT2D eigenvalue weighted by molar-refractivity contribution is 5.41. The molecule has 24 heavy (non-hydrogen) atoms. The van der Waals surface area contributed by atoms with Crippen LogP contribution in [0.2, 0.25) is 0 Å². The molecule has 3 rings (SSSR count). The molecule has 128 valence electrons. The van der Waals surface area contributed by atoms with Gasteiger partial charge in [0.15, 0.2) is 0 Å². The van der Waals surface area contributed by atoms with Crippen molar-refractivity contribution >= 4 is 5.82 Å². The van der Waals surface area contributed by atoms with Crippen LogP contribution in [0.4, 0.5) is 5.82 Å². The van der Waals surface area contributed by atoms with E-state index in [9.17, 15) is 0 Å². The highest BCUT2D eigenvalue weighted by atomic mass is 15.2. The molecule has 3 heterocycles. The molecule has 0 aliphatic carbocycles. The van der Waals surface area contributed by atoms with Crippen molar-refractivity contribution in [3.05, 3.63) is 41.9 Å². The maximum absolute atomic E-state index is 4.57. The van der Waals surface area contributed by atoms with Crippen molar-refractivity contribution in [2.45, 2.75) is 32.7 Å². The summed E-state index contributed by atoms with van der Waals surface area (Å²) in [6.45, 7) is 5.09. The van der Waals surface area contributed by atoms with E-state index in [4.69, 9.17) is 0 Å². The van der Waals surface area contributed by atoms with E-state index in [0.717, 1.165) is 43.4 Å². The van der Waals surface area contributed by atoms with Crippen LogP contribution in [0.25, 0.3) is 0 Å². The van der Waals surface area contributed by atoms with Gasteiger partial charge in [-0.15, -0.1) is 0 Å². The quantitative estimate of drug-likeness (QED) is 0.838. The minimum atomic E-state index is 0.625. The zero-order valence-electron chi connectivity index (χ0n) is 14.8. The lowest BCUT2D eigenvalue weighted by molar-refractivity contribution is 0.166. The number of nitrogens with zero attached hydrogens (tertiary/aromatic N) is 6. The summed E-state index contributed by atoms with van der Waals surface area (Å²) in [6, 6.07) is 0. The molecule has 0 spiro atoms. The first-order valence-corrected chi connectivity index (χ1v) is 8.59. The Balaban J connectivity index is 1.62. The molecular weight excluding hydrogens is 300 g/mol. The van der Waals surface area contributed by atoms with Crippen LogP contribution in [0, 0.1) is 12.8 Å². The van der Waals surface area contributed by atoms with E-state index >= 15 is 0 Å². The van der Waals surface area contributed by atoms with Gasteiger partial charge in [0.2, 0.25) is 0 Å². The van der Waals surface area contributed by atoms with Crippen molar-refractivity contribution in [3.63, 3.8) is 0 Å². The minimum Gasteiger partial charge on any atom is -0.361 e. The summed E-state index contributed by atoms with van der Waals surface area (Å²) in [5.74, 6) is 2.44. The minimum absolute atomic E-state index is 0.625. The highest BCUT2D eigenvalue weighted by Gasteiger charge is 2.22. The van der Waals surface area contributed by atoms with Crippen LogP contribution in [0.15, 0.2) is 24.8 Å². The third-order valence-electron chi connectivity index (χ3n) is 4.50. The van der Waals surface area contributed by atoms with Gasteiger partial charge in [-0.2, -0.15) is 0 Å². The molecule has 0 amide bonds. The molecule has 0 aromatic carbocycles. The Labute approximate surface area is 144 Å². The van der Waals surface area contributed by atoms with Gasteiger partial charge in [0, 0.05) is 57.5 Å². The Morgan fingerprint density at radius 1 is 1.12 bits per heavy atom. The molecule has 0 N–H and O–H groups in total. The van der Waals surface area contributed by atoms with E-state index in [1.54, 1.807) is 12.4 Å². The largest absolute Gasteiger partial charge is 0.361 e. The van der Waals surface area contributed by atoms with Gasteiger partial charge >= 0.3 is 0 Å². The third kappa shape index (κ3) is 4.26. The topological polar surface area (TPSA) is 58.0 Å². The molecule has 1 fully saturated rings. The number of piperidine rings is 1. The van der Waals surface area contributed by atoms with Gasteiger partial charge in [-0.05, 0) is 38.6 Å². The number of likely N-dealkylation sites (tertiary alicyclic amines) is 1. The van der Waals surface area contributed by atoms with Crippen molar-refractivity contribution in [1.82, 2.24) is 24.8 Å². The summed E-state index contributed by atoms with van der Waals surface area (Å²) >= 11 is 0. The molecule has 6 nitrogen and oxygen atoms in total. The van der Waals surface area contributed by atoms with Crippen molar-refractivity contribution in [1.29, 1.82) is 0 Å². The summed E-state index contributed by atoms with van der Waals surface area (Å²) in [5.41, 5.74) is 2.29. The van der Waals surface area contributed by atoms with Crippen LogP contribution >= 0.6 is 0 Å². The zero-order chi connectivity index (χ0) is 16.9. The molecule has 2 aromatic heterocycles. The summed E-state index contributed by atoms with van der Waals surface area (Å²) < 4.78 is 0. The first kappa shape index (κ1) is 16.8. The summed E-state index contributed by atoms with van der Waals surface area (Å²) in [4.78, 5) is 22.2. The second-order valence-corrected chi connectivity index (χ2v) is 6.81. The Bertz CT molecular complexity index is 655. The number of aromatic nitrogens is 4. The van der Waals surface area contributed by atoms with Gasteiger partial charge in [-0.3, -0.25) is 9.88 Å². The lowest BCUT2D eigenvalue weighted by atomic mass is 9.93. The molecule has 1 aliphatic heterocycles. The lowest BCUT2D eigenvalue weighted by Crippen LogP contribution is -2.36. The van der Waals surface area contributed by atoms with Crippen LogP contribution in [0.5, 0.6) is 0 Å². The summed E-state index contributed by atoms with van der Waals surface area (Å²) in [7, 11) is 4.05. The fraction of sp³-hybridized carbons (Fsp3) is 0.556. The number of aryl methyl sites for hydroxylation is 1. The van der Waals surface area contributed by atoms with E-state index in [1.165, 1.54) is 18.4 Å². The Morgan fingerprint density at radius 2 is 1.88 bits per heavy atom. The SMILES string of the molecule is Cc1ncc(CN2CCCC(Cc3nccnc3N(C)C)C2)cn1. The number of rotatable bonds is 5. The Kier molecular flexibility index (Phi) is 5.35. The third-order valence-corrected chi connectivity index (χ3v) is 4.50. The molecule has 1 unspecified atom stereocenters. The van der Waals surface area contributed by atoms with Crippen molar-refractivity contribution in [2.75, 3.05) is 32.1 Å². The highest BCUT2D eigenvalue weighted by Crippen LogP contribution is 2.24. The molecule has 0 bridgehead atoms. The molecule has 2 aromatic rings. The van der Waals surface area contributed by atoms with Crippen molar-refractivity contribution in [3.8, 4) is 0 Å². The summed E-state index contributed by atoms with van der Waals surface area (Å²) in [6.07, 6.45) is 10.9. The van der Waals surface area contributed by atoms with Crippen LogP contribution in [0.3, 0.4) is 0 Å². The van der Waals surface area contributed by atoms with Gasteiger partial charge in [0.25, 0.3) is 0 Å². The normalized spacial score (nSPS) is 18.5. The first-order valence-electron chi connectivity index (χ1n) is 8.59. The molecule has 0 saturated carbocycles. The van der Waals surface area contributed by atoms with E-state index < -0.39 is 0 Å². The monoisotopic (exact) mass is 326 g/mol. The average Bonchev–Trinajstić information content (AvgIpc) is 2.58. The van der Waals surface area contributed by atoms with E-state index in [-0.39, 0.29) is 0 Å². The van der Waals surface area contributed by atoms with Gasteiger partial charge in [-0.1, -0.05) is 0 Å². The number of hydrogen-bond donors (Lipinski definition) is 0. The van der Waals surface area contributed by atoms with E-state index in [0.29, 0.717) is 5.92 Å². The molecule has 6 heteroatoms. The smallest absolute Gasteiger partial charge is 0.149 e. The fourth-order valence-electron chi connectivity index (χ4n) is 3.37. The molecule has 0 radical (unpaired) electrons. The van der Waals surface area contributed by atoms with Gasteiger partial charge in [0.1, 0.15) is 11.6 Å². The second kappa shape index (κ2) is 7.66. The maximum Gasteiger partial charge on any atom is 0.149 e. The van der Waals surface area contributed by atoms with E-state index in [2.05, 4.69) is 24.8 Å². The van der Waals surface area contributed by atoms with Gasteiger partial charge < -0.3 is 4.90 Å². The zero-order valence-corrected chi connectivity index (χ0v) is 14.8. The molecule has 1 atom stereocenters. The van der Waals surface area contributed by atoms with Crippen LogP contribution < -0.4 is 4.90 Å². The van der Waals surface area contributed by atoms with Crippen molar-refractivity contribution < 1.29 is 0 Å². The fourth-order valence-corrected chi connectivity index (χ4v) is 3.37. The predicted molar refractivity (Wildman–Crippen MR) is 94.8 cm³/mol. The second-order valence-electron chi connectivity index (χ2n) is 6.81. The summed E-state index contributed by atoms with van der Waals surface area (Å²) in [5, 5.41) is 0. The predicted octanol–water partition coefficient (Wildman–Crippen LogP) is 2.10. The van der Waals surface area contributed by atoms with Crippen molar-refractivity contribution in [2.24, 2.45) is 5.92 Å². The number of anilines is 1. The van der Waals surface area contributed by atoms with Crippen LogP contribution in [0.1, 0.15) is 29.9 Å². The maximum atomic E-state index is 4.57. The van der Waals surface area contributed by atoms with Gasteiger partial charge in [-0.25, -0.2) is 15.0 Å². The van der Waals surface area contributed by atoms with Crippen LogP contribution in [-0.2, 0) is 13.0 Å². The first-order chi connectivity index (χ1) is 11.6. The Hall–Kier alpha value is -2.08. The van der Waals surface area contributed by atoms with Gasteiger partial charge in [0.05, 0.1) is 5.69 Å². The van der Waals surface area contributed by atoms with Crippen LogP contribution in [-0.4, -0.2) is 52.0 Å².